The Bertz CT molecular complexity index is 347. The second kappa shape index (κ2) is 7.28. The van der Waals surface area contributed by atoms with Crippen LogP contribution in [0.2, 0.25) is 0 Å². The Morgan fingerprint density at radius 3 is 2.15 bits per heavy atom. The molecule has 0 aliphatic heterocycles. The van der Waals surface area contributed by atoms with Crippen molar-refractivity contribution in [3.05, 3.63) is 12.2 Å². The van der Waals surface area contributed by atoms with Gasteiger partial charge in [-0.2, -0.15) is 0 Å². The molecular formula is C18H30O2. The smallest absolute Gasteiger partial charge is 0.333 e. The van der Waals surface area contributed by atoms with Crippen LogP contribution in [-0.2, 0) is 9.53 Å². The van der Waals surface area contributed by atoms with Gasteiger partial charge in [-0.05, 0) is 44.9 Å². The summed E-state index contributed by atoms with van der Waals surface area (Å²) in [5, 5.41) is 0. The minimum atomic E-state index is -0.189. The molecule has 0 saturated heterocycles. The zero-order valence-corrected chi connectivity index (χ0v) is 13.1. The molecular weight excluding hydrogens is 248 g/mol. The Labute approximate surface area is 124 Å². The molecule has 0 heterocycles. The maximum Gasteiger partial charge on any atom is 0.333 e. The van der Waals surface area contributed by atoms with Gasteiger partial charge in [-0.1, -0.05) is 51.5 Å². The molecule has 20 heavy (non-hydrogen) atoms. The first kappa shape index (κ1) is 15.6. The van der Waals surface area contributed by atoms with Gasteiger partial charge in [0.25, 0.3) is 0 Å². The molecule has 2 atom stereocenters. The topological polar surface area (TPSA) is 26.3 Å². The molecule has 2 heteroatoms. The fourth-order valence-electron chi connectivity index (χ4n) is 3.92. The van der Waals surface area contributed by atoms with E-state index >= 15 is 0 Å². The molecule has 0 spiro atoms. The Balaban J connectivity index is 2.15. The first-order valence-corrected chi connectivity index (χ1v) is 8.50. The van der Waals surface area contributed by atoms with E-state index in [9.17, 15) is 4.79 Å². The number of esters is 1. The van der Waals surface area contributed by atoms with Gasteiger partial charge in [-0.25, -0.2) is 4.79 Å². The third-order valence-electron chi connectivity index (χ3n) is 5.06. The maximum atomic E-state index is 12.1. The van der Waals surface area contributed by atoms with E-state index in [2.05, 4.69) is 6.58 Å². The minimum Gasteiger partial charge on any atom is -0.456 e. The number of hydrogen-bond donors (Lipinski definition) is 0. The van der Waals surface area contributed by atoms with E-state index in [0.29, 0.717) is 5.57 Å². The second-order valence-corrected chi connectivity index (χ2v) is 6.98. The molecule has 0 amide bonds. The van der Waals surface area contributed by atoms with Crippen LogP contribution >= 0.6 is 0 Å². The molecule has 2 bridgehead atoms. The summed E-state index contributed by atoms with van der Waals surface area (Å²) in [6.07, 6.45) is 14.9. The molecule has 0 aromatic heterocycles. The average molecular weight is 278 g/mol. The number of hydrogen-bond acceptors (Lipinski definition) is 2. The normalized spacial score (nSPS) is 31.9. The van der Waals surface area contributed by atoms with Crippen LogP contribution in [0.15, 0.2) is 12.2 Å². The molecule has 0 N–H and O–H groups in total. The monoisotopic (exact) mass is 278 g/mol. The summed E-state index contributed by atoms with van der Waals surface area (Å²) in [7, 11) is 0. The van der Waals surface area contributed by atoms with Crippen molar-refractivity contribution in [2.24, 2.45) is 5.92 Å². The number of fused-ring (bicyclic) bond motifs is 2. The number of ether oxygens (including phenoxy) is 1. The lowest BCUT2D eigenvalue weighted by Crippen LogP contribution is -2.38. The van der Waals surface area contributed by atoms with Gasteiger partial charge in [0, 0.05) is 5.57 Å². The van der Waals surface area contributed by atoms with Crippen LogP contribution < -0.4 is 0 Å². The summed E-state index contributed by atoms with van der Waals surface area (Å²) in [5.41, 5.74) is 0.351. The summed E-state index contributed by atoms with van der Waals surface area (Å²) in [5.74, 6) is 0.579. The number of carbonyl (C=O) groups excluding carboxylic acids is 1. The number of rotatable bonds is 2. The van der Waals surface area contributed by atoms with Gasteiger partial charge in [0.15, 0.2) is 0 Å². The molecule has 2 fully saturated rings. The van der Waals surface area contributed by atoms with Gasteiger partial charge >= 0.3 is 5.97 Å². The predicted molar refractivity (Wildman–Crippen MR) is 82.5 cm³/mol. The van der Waals surface area contributed by atoms with Crippen molar-refractivity contribution in [3.8, 4) is 0 Å². The minimum absolute atomic E-state index is 0.177. The van der Waals surface area contributed by atoms with Gasteiger partial charge in [0.1, 0.15) is 5.60 Å². The highest BCUT2D eigenvalue weighted by atomic mass is 16.6. The van der Waals surface area contributed by atoms with Crippen molar-refractivity contribution < 1.29 is 9.53 Å². The Hall–Kier alpha value is -0.790. The van der Waals surface area contributed by atoms with E-state index in [-0.39, 0.29) is 11.6 Å². The van der Waals surface area contributed by atoms with Crippen LogP contribution in [0.3, 0.4) is 0 Å². The Morgan fingerprint density at radius 1 is 1.00 bits per heavy atom. The van der Waals surface area contributed by atoms with Crippen molar-refractivity contribution in [1.29, 1.82) is 0 Å². The summed E-state index contributed by atoms with van der Waals surface area (Å²) >= 11 is 0. The van der Waals surface area contributed by atoms with E-state index in [4.69, 9.17) is 4.74 Å². The van der Waals surface area contributed by atoms with Gasteiger partial charge in [0.05, 0.1) is 0 Å². The predicted octanol–water partition coefficient (Wildman–Crippen LogP) is 5.17. The lowest BCUT2D eigenvalue weighted by atomic mass is 9.77. The second-order valence-electron chi connectivity index (χ2n) is 6.98. The molecule has 2 rings (SSSR count). The zero-order valence-electron chi connectivity index (χ0n) is 13.1. The third-order valence-corrected chi connectivity index (χ3v) is 5.06. The van der Waals surface area contributed by atoms with Crippen molar-refractivity contribution in [2.75, 3.05) is 0 Å². The van der Waals surface area contributed by atoms with Gasteiger partial charge in [-0.3, -0.25) is 0 Å². The van der Waals surface area contributed by atoms with E-state index in [1.54, 1.807) is 6.92 Å². The van der Waals surface area contributed by atoms with Gasteiger partial charge in [-0.15, -0.1) is 0 Å². The van der Waals surface area contributed by atoms with Crippen LogP contribution in [0.5, 0.6) is 0 Å². The lowest BCUT2D eigenvalue weighted by molar-refractivity contribution is -0.159. The van der Waals surface area contributed by atoms with E-state index in [1.165, 1.54) is 57.8 Å². The van der Waals surface area contributed by atoms with Crippen molar-refractivity contribution in [2.45, 2.75) is 89.6 Å². The Morgan fingerprint density at radius 2 is 1.55 bits per heavy atom. The van der Waals surface area contributed by atoms with Crippen LogP contribution in [0.1, 0.15) is 84.0 Å². The zero-order chi connectivity index (χ0) is 14.4. The van der Waals surface area contributed by atoms with Crippen LogP contribution in [0.4, 0.5) is 0 Å². The standard InChI is InChI=1S/C18H30O2/c1-15(2)17(19)20-18-12-8-4-3-6-10-16(14-18)11-7-5-9-13-18/h16H,1,3-14H2,2H3. The highest BCUT2D eigenvalue weighted by Crippen LogP contribution is 2.40. The Kier molecular flexibility index (Phi) is 5.68. The van der Waals surface area contributed by atoms with Crippen molar-refractivity contribution in [3.63, 3.8) is 0 Å². The third kappa shape index (κ3) is 4.36. The average Bonchev–Trinajstić information content (AvgIpc) is 2.48. The quantitative estimate of drug-likeness (QED) is 0.514. The molecule has 2 aliphatic carbocycles. The molecule has 2 saturated carbocycles. The van der Waals surface area contributed by atoms with E-state index in [1.807, 2.05) is 0 Å². The molecule has 0 aromatic carbocycles. The molecule has 2 aliphatic rings. The largest absolute Gasteiger partial charge is 0.456 e. The molecule has 0 radical (unpaired) electrons. The number of carbonyl (C=O) groups is 1. The molecule has 0 aromatic rings. The van der Waals surface area contributed by atoms with E-state index < -0.39 is 0 Å². The molecule has 2 unspecified atom stereocenters. The van der Waals surface area contributed by atoms with Crippen LogP contribution in [-0.4, -0.2) is 11.6 Å². The molecule has 114 valence electrons. The van der Waals surface area contributed by atoms with Crippen LogP contribution in [0, 0.1) is 5.92 Å². The van der Waals surface area contributed by atoms with Gasteiger partial charge < -0.3 is 4.74 Å². The fourth-order valence-corrected chi connectivity index (χ4v) is 3.92. The summed E-state index contributed by atoms with van der Waals surface area (Å²) in [4.78, 5) is 12.1. The summed E-state index contributed by atoms with van der Waals surface area (Å²) < 4.78 is 6.00. The van der Waals surface area contributed by atoms with Gasteiger partial charge in [0.2, 0.25) is 0 Å². The maximum absolute atomic E-state index is 12.1. The molecule has 2 nitrogen and oxygen atoms in total. The highest BCUT2D eigenvalue weighted by Gasteiger charge is 2.37. The van der Waals surface area contributed by atoms with E-state index in [0.717, 1.165) is 25.2 Å². The van der Waals surface area contributed by atoms with Crippen molar-refractivity contribution >= 4 is 5.97 Å². The summed E-state index contributed by atoms with van der Waals surface area (Å²) in [6, 6.07) is 0. The lowest BCUT2D eigenvalue weighted by Gasteiger charge is -2.38. The van der Waals surface area contributed by atoms with Crippen LogP contribution in [0.25, 0.3) is 0 Å². The fraction of sp³-hybridized carbons (Fsp3) is 0.833. The first-order chi connectivity index (χ1) is 9.61. The highest BCUT2D eigenvalue weighted by molar-refractivity contribution is 5.87. The SMILES string of the molecule is C=C(C)C(=O)OC12CCCCCCC(CCCCC1)C2. The first-order valence-electron chi connectivity index (χ1n) is 8.50. The summed E-state index contributed by atoms with van der Waals surface area (Å²) in [6.45, 7) is 5.51. The van der Waals surface area contributed by atoms with Crippen molar-refractivity contribution in [1.82, 2.24) is 0 Å².